The molecule has 28 heavy (non-hydrogen) atoms. The molecule has 2 aromatic carbocycles. The SMILES string of the molecule is COc1cc(CC(=O)N2CCC[C@H](n3c(=O)[nH]c4ccccc43)C2)ccc1Cl. The van der Waals surface area contributed by atoms with Crippen molar-refractivity contribution in [2.45, 2.75) is 25.3 Å². The Kier molecular flexibility index (Phi) is 5.13. The average Bonchev–Trinajstić information content (AvgIpc) is 3.05. The third-order valence-corrected chi connectivity index (χ3v) is 5.62. The number of hydrogen-bond acceptors (Lipinski definition) is 3. The maximum absolute atomic E-state index is 12.9. The summed E-state index contributed by atoms with van der Waals surface area (Å²) in [7, 11) is 1.56. The van der Waals surface area contributed by atoms with E-state index in [1.165, 1.54) is 0 Å². The molecule has 1 N–H and O–H groups in total. The van der Waals surface area contributed by atoms with E-state index < -0.39 is 0 Å². The van der Waals surface area contributed by atoms with E-state index in [1.54, 1.807) is 23.8 Å². The van der Waals surface area contributed by atoms with Crippen LogP contribution < -0.4 is 10.4 Å². The molecule has 0 aliphatic carbocycles. The maximum atomic E-state index is 12.9. The van der Waals surface area contributed by atoms with Crippen LogP contribution in [0.15, 0.2) is 47.3 Å². The molecule has 146 valence electrons. The molecule has 0 radical (unpaired) electrons. The van der Waals surface area contributed by atoms with Crippen molar-refractivity contribution in [1.29, 1.82) is 0 Å². The van der Waals surface area contributed by atoms with Crippen LogP contribution in [0.3, 0.4) is 0 Å². The molecule has 0 spiro atoms. The van der Waals surface area contributed by atoms with Gasteiger partial charge in [0.05, 0.1) is 35.6 Å². The number of fused-ring (bicyclic) bond motifs is 1. The number of benzene rings is 2. The molecule has 1 aliphatic heterocycles. The van der Waals surface area contributed by atoms with E-state index in [9.17, 15) is 9.59 Å². The summed E-state index contributed by atoms with van der Waals surface area (Å²) in [6.45, 7) is 1.24. The summed E-state index contributed by atoms with van der Waals surface area (Å²) in [5, 5.41) is 0.524. The lowest BCUT2D eigenvalue weighted by Gasteiger charge is -2.33. The van der Waals surface area contributed by atoms with Gasteiger partial charge in [-0.1, -0.05) is 29.8 Å². The fourth-order valence-electron chi connectivity index (χ4n) is 3.93. The first-order valence-corrected chi connectivity index (χ1v) is 9.74. The van der Waals surface area contributed by atoms with Gasteiger partial charge in [0.25, 0.3) is 0 Å². The molecule has 1 aliphatic rings. The minimum Gasteiger partial charge on any atom is -0.495 e. The molecule has 1 atom stereocenters. The van der Waals surface area contributed by atoms with Crippen molar-refractivity contribution in [3.8, 4) is 5.75 Å². The molecule has 1 fully saturated rings. The van der Waals surface area contributed by atoms with Crippen molar-refractivity contribution in [1.82, 2.24) is 14.5 Å². The number of hydrogen-bond donors (Lipinski definition) is 1. The molecule has 1 amide bonds. The third-order valence-electron chi connectivity index (χ3n) is 5.31. The third kappa shape index (κ3) is 3.52. The number of piperidine rings is 1. The molecule has 1 saturated heterocycles. The fraction of sp³-hybridized carbons (Fsp3) is 0.333. The van der Waals surface area contributed by atoms with Crippen LogP contribution in [0.25, 0.3) is 11.0 Å². The van der Waals surface area contributed by atoms with Gasteiger partial charge in [-0.3, -0.25) is 9.36 Å². The Hall–Kier alpha value is -2.73. The van der Waals surface area contributed by atoms with Gasteiger partial charge in [0.15, 0.2) is 0 Å². The van der Waals surface area contributed by atoms with Crippen molar-refractivity contribution < 1.29 is 9.53 Å². The lowest BCUT2D eigenvalue weighted by Crippen LogP contribution is -2.43. The molecule has 0 bridgehead atoms. The molecule has 0 saturated carbocycles. The number of nitrogens with zero attached hydrogens (tertiary/aromatic N) is 2. The van der Waals surface area contributed by atoms with Gasteiger partial charge in [0.2, 0.25) is 5.91 Å². The van der Waals surface area contributed by atoms with E-state index in [1.807, 2.05) is 35.2 Å². The average molecular weight is 400 g/mol. The van der Waals surface area contributed by atoms with Gasteiger partial charge in [-0.15, -0.1) is 0 Å². The zero-order valence-electron chi connectivity index (χ0n) is 15.7. The first-order valence-electron chi connectivity index (χ1n) is 9.36. The zero-order valence-corrected chi connectivity index (χ0v) is 16.4. The summed E-state index contributed by atoms with van der Waals surface area (Å²) in [5.74, 6) is 0.607. The highest BCUT2D eigenvalue weighted by molar-refractivity contribution is 6.32. The van der Waals surface area contributed by atoms with E-state index in [0.717, 1.165) is 29.4 Å². The number of para-hydroxylation sites is 2. The molecular weight excluding hydrogens is 378 g/mol. The number of H-pyrrole nitrogens is 1. The van der Waals surface area contributed by atoms with Crippen LogP contribution in [0.1, 0.15) is 24.4 Å². The lowest BCUT2D eigenvalue weighted by molar-refractivity contribution is -0.132. The molecular formula is C21H22ClN3O3. The summed E-state index contributed by atoms with van der Waals surface area (Å²) in [5.41, 5.74) is 2.44. The number of rotatable bonds is 4. The number of aromatic amines is 1. The van der Waals surface area contributed by atoms with Gasteiger partial charge in [0, 0.05) is 13.1 Å². The highest BCUT2D eigenvalue weighted by atomic mass is 35.5. The number of methoxy groups -OCH3 is 1. The van der Waals surface area contributed by atoms with Gasteiger partial charge >= 0.3 is 5.69 Å². The number of carbonyl (C=O) groups is 1. The van der Waals surface area contributed by atoms with Gasteiger partial charge < -0.3 is 14.6 Å². The van der Waals surface area contributed by atoms with Crippen LogP contribution in [-0.2, 0) is 11.2 Å². The Bertz CT molecular complexity index is 1070. The van der Waals surface area contributed by atoms with Crippen LogP contribution in [-0.4, -0.2) is 40.6 Å². The number of ether oxygens (including phenoxy) is 1. The van der Waals surface area contributed by atoms with E-state index in [4.69, 9.17) is 16.3 Å². The number of carbonyl (C=O) groups excluding carboxylic acids is 1. The number of amides is 1. The standard InChI is InChI=1S/C21H22ClN3O3/c1-28-19-11-14(8-9-16(19)22)12-20(26)24-10-4-5-15(13-24)25-18-7-3-2-6-17(18)23-21(25)27/h2-3,6-9,11,15H,4-5,10,12-13H2,1H3,(H,23,27)/t15-/m0/s1. The Morgan fingerprint density at radius 2 is 2.11 bits per heavy atom. The monoisotopic (exact) mass is 399 g/mol. The first-order chi connectivity index (χ1) is 13.6. The van der Waals surface area contributed by atoms with Crippen molar-refractivity contribution >= 4 is 28.5 Å². The molecule has 7 heteroatoms. The lowest BCUT2D eigenvalue weighted by atomic mass is 10.0. The Morgan fingerprint density at radius 1 is 1.29 bits per heavy atom. The van der Waals surface area contributed by atoms with Gasteiger partial charge in [-0.25, -0.2) is 4.79 Å². The smallest absolute Gasteiger partial charge is 0.326 e. The highest BCUT2D eigenvalue weighted by Crippen LogP contribution is 2.27. The number of imidazole rings is 1. The largest absolute Gasteiger partial charge is 0.495 e. The Morgan fingerprint density at radius 3 is 2.93 bits per heavy atom. The minimum absolute atomic E-state index is 0.0268. The van der Waals surface area contributed by atoms with E-state index >= 15 is 0 Å². The quantitative estimate of drug-likeness (QED) is 0.731. The highest BCUT2D eigenvalue weighted by Gasteiger charge is 2.27. The molecule has 2 heterocycles. The summed E-state index contributed by atoms with van der Waals surface area (Å²) in [4.78, 5) is 30.1. The van der Waals surface area contributed by atoms with Crippen molar-refractivity contribution in [2.24, 2.45) is 0 Å². The van der Waals surface area contributed by atoms with Crippen LogP contribution in [0.4, 0.5) is 0 Å². The maximum Gasteiger partial charge on any atom is 0.326 e. The summed E-state index contributed by atoms with van der Waals surface area (Å²) in [6.07, 6.45) is 2.02. The van der Waals surface area contributed by atoms with E-state index in [2.05, 4.69) is 4.98 Å². The molecule has 6 nitrogen and oxygen atoms in total. The number of likely N-dealkylation sites (tertiary alicyclic amines) is 1. The first kappa shape index (κ1) is 18.6. The summed E-state index contributed by atoms with van der Waals surface area (Å²) in [6, 6.07) is 13.0. The van der Waals surface area contributed by atoms with Crippen LogP contribution in [0.5, 0.6) is 5.75 Å². The molecule has 1 aromatic heterocycles. The Labute approximate surface area is 167 Å². The minimum atomic E-state index is -0.122. The second-order valence-electron chi connectivity index (χ2n) is 7.10. The number of halogens is 1. The molecule has 4 rings (SSSR count). The predicted molar refractivity (Wildman–Crippen MR) is 109 cm³/mol. The fourth-order valence-corrected chi connectivity index (χ4v) is 4.12. The van der Waals surface area contributed by atoms with Gasteiger partial charge in [0.1, 0.15) is 5.75 Å². The molecule has 3 aromatic rings. The zero-order chi connectivity index (χ0) is 19.7. The summed E-state index contributed by atoms with van der Waals surface area (Å²) >= 11 is 6.06. The van der Waals surface area contributed by atoms with Crippen molar-refractivity contribution in [3.63, 3.8) is 0 Å². The van der Waals surface area contributed by atoms with E-state index in [-0.39, 0.29) is 24.1 Å². The van der Waals surface area contributed by atoms with Crippen molar-refractivity contribution in [2.75, 3.05) is 20.2 Å². The summed E-state index contributed by atoms with van der Waals surface area (Å²) < 4.78 is 7.03. The topological polar surface area (TPSA) is 67.3 Å². The van der Waals surface area contributed by atoms with Crippen LogP contribution >= 0.6 is 11.6 Å². The Balaban J connectivity index is 1.53. The van der Waals surface area contributed by atoms with Crippen molar-refractivity contribution in [3.05, 3.63) is 63.5 Å². The van der Waals surface area contributed by atoms with Gasteiger partial charge in [-0.05, 0) is 42.7 Å². The second kappa shape index (κ2) is 7.72. The second-order valence-corrected chi connectivity index (χ2v) is 7.51. The number of nitrogens with one attached hydrogen (secondary N) is 1. The number of aromatic nitrogens is 2. The normalized spacial score (nSPS) is 17.1. The molecule has 0 unspecified atom stereocenters. The van der Waals surface area contributed by atoms with E-state index in [0.29, 0.717) is 23.9 Å². The van der Waals surface area contributed by atoms with Gasteiger partial charge in [-0.2, -0.15) is 0 Å². The predicted octanol–water partition coefficient (Wildman–Crippen LogP) is 3.40. The van der Waals surface area contributed by atoms with Crippen LogP contribution in [0, 0.1) is 0 Å². The van der Waals surface area contributed by atoms with Crippen LogP contribution in [0.2, 0.25) is 5.02 Å².